The number of aromatic nitrogens is 1. The van der Waals surface area contributed by atoms with Gasteiger partial charge < -0.3 is 10.4 Å². The zero-order valence-corrected chi connectivity index (χ0v) is 9.40. The van der Waals surface area contributed by atoms with Crippen molar-refractivity contribution in [2.24, 2.45) is 0 Å². The summed E-state index contributed by atoms with van der Waals surface area (Å²) in [6.45, 7) is 0. The van der Waals surface area contributed by atoms with Crippen molar-refractivity contribution in [2.75, 3.05) is 5.32 Å². The molecular formula is C11H8N2O3S. The van der Waals surface area contributed by atoms with Gasteiger partial charge in [0.1, 0.15) is 10.7 Å². The van der Waals surface area contributed by atoms with Crippen LogP contribution in [0.1, 0.15) is 20.8 Å². The van der Waals surface area contributed by atoms with Crippen LogP contribution in [-0.2, 0) is 0 Å². The third-order valence-electron chi connectivity index (χ3n) is 2.02. The molecule has 2 rings (SSSR count). The molecule has 2 heterocycles. The van der Waals surface area contributed by atoms with E-state index in [0.717, 1.165) is 11.3 Å². The standard InChI is InChI=1S/C11H8N2O3S/c14-9(8-3-1-2-5-12-8)13-10-7(11(15)16)4-6-17-10/h1-6H,(H,13,14)(H,15,16). The van der Waals surface area contributed by atoms with Gasteiger partial charge in [-0.25, -0.2) is 4.79 Å². The van der Waals surface area contributed by atoms with Crippen LogP contribution in [0.3, 0.4) is 0 Å². The number of carboxylic acids is 1. The monoisotopic (exact) mass is 248 g/mol. The molecule has 0 aliphatic carbocycles. The summed E-state index contributed by atoms with van der Waals surface area (Å²) in [5, 5.41) is 13.3. The highest BCUT2D eigenvalue weighted by molar-refractivity contribution is 7.14. The molecular weight excluding hydrogens is 240 g/mol. The zero-order chi connectivity index (χ0) is 12.3. The molecule has 0 saturated heterocycles. The van der Waals surface area contributed by atoms with Crippen LogP contribution >= 0.6 is 11.3 Å². The number of hydrogen-bond donors (Lipinski definition) is 2. The van der Waals surface area contributed by atoms with Crippen molar-refractivity contribution in [3.8, 4) is 0 Å². The Bertz CT molecular complexity index is 551. The Kier molecular flexibility index (Phi) is 3.15. The minimum absolute atomic E-state index is 0.0827. The maximum Gasteiger partial charge on any atom is 0.338 e. The van der Waals surface area contributed by atoms with Gasteiger partial charge in [-0.2, -0.15) is 0 Å². The Labute approximate surface area is 101 Å². The molecule has 0 aromatic carbocycles. The van der Waals surface area contributed by atoms with Crippen molar-refractivity contribution in [1.29, 1.82) is 0 Å². The van der Waals surface area contributed by atoms with Gasteiger partial charge in [-0.15, -0.1) is 11.3 Å². The Morgan fingerprint density at radius 3 is 2.76 bits per heavy atom. The zero-order valence-electron chi connectivity index (χ0n) is 8.58. The average Bonchev–Trinajstić information content (AvgIpc) is 2.78. The quantitative estimate of drug-likeness (QED) is 0.871. The summed E-state index contributed by atoms with van der Waals surface area (Å²) in [6.07, 6.45) is 1.50. The van der Waals surface area contributed by atoms with E-state index in [1.165, 1.54) is 12.3 Å². The second kappa shape index (κ2) is 4.75. The Morgan fingerprint density at radius 1 is 1.29 bits per heavy atom. The highest BCUT2D eigenvalue weighted by Crippen LogP contribution is 2.23. The number of nitrogens with one attached hydrogen (secondary N) is 1. The number of carbonyl (C=O) groups is 2. The topological polar surface area (TPSA) is 79.3 Å². The number of rotatable bonds is 3. The van der Waals surface area contributed by atoms with E-state index in [9.17, 15) is 9.59 Å². The van der Waals surface area contributed by atoms with Crippen LogP contribution in [0.15, 0.2) is 35.8 Å². The summed E-state index contributed by atoms with van der Waals surface area (Å²) in [5.74, 6) is -1.49. The van der Waals surface area contributed by atoms with Crippen LogP contribution in [0.25, 0.3) is 0 Å². The van der Waals surface area contributed by atoms with Gasteiger partial charge in [-0.3, -0.25) is 9.78 Å². The predicted molar refractivity (Wildman–Crippen MR) is 63.5 cm³/mol. The van der Waals surface area contributed by atoms with Crippen LogP contribution in [0, 0.1) is 0 Å². The van der Waals surface area contributed by atoms with Gasteiger partial charge in [0.25, 0.3) is 5.91 Å². The molecule has 1 amide bonds. The first kappa shape index (κ1) is 11.3. The molecule has 0 spiro atoms. The normalized spacial score (nSPS) is 9.88. The lowest BCUT2D eigenvalue weighted by Gasteiger charge is -2.02. The van der Waals surface area contributed by atoms with Crippen LogP contribution in [0.2, 0.25) is 0 Å². The molecule has 6 heteroatoms. The van der Waals surface area contributed by atoms with Gasteiger partial charge in [0.15, 0.2) is 0 Å². The summed E-state index contributed by atoms with van der Waals surface area (Å²) in [6, 6.07) is 6.39. The van der Waals surface area contributed by atoms with E-state index in [1.807, 2.05) is 0 Å². The molecule has 0 unspecified atom stereocenters. The van der Waals surface area contributed by atoms with Crippen molar-refractivity contribution < 1.29 is 14.7 Å². The number of amides is 1. The highest BCUT2D eigenvalue weighted by Gasteiger charge is 2.15. The highest BCUT2D eigenvalue weighted by atomic mass is 32.1. The maximum atomic E-state index is 11.7. The molecule has 2 aromatic rings. The third-order valence-corrected chi connectivity index (χ3v) is 2.85. The summed E-state index contributed by atoms with van der Waals surface area (Å²) in [7, 11) is 0. The van der Waals surface area contributed by atoms with E-state index in [1.54, 1.807) is 23.6 Å². The summed E-state index contributed by atoms with van der Waals surface area (Å²) >= 11 is 1.16. The van der Waals surface area contributed by atoms with Gasteiger partial charge in [0.2, 0.25) is 0 Å². The van der Waals surface area contributed by atoms with Crippen molar-refractivity contribution in [3.05, 3.63) is 47.1 Å². The van der Waals surface area contributed by atoms with Crippen molar-refractivity contribution >= 4 is 28.2 Å². The Balaban J connectivity index is 2.19. The fraction of sp³-hybridized carbons (Fsp3) is 0. The third kappa shape index (κ3) is 2.48. The van der Waals surface area contributed by atoms with Gasteiger partial charge in [-0.1, -0.05) is 6.07 Å². The lowest BCUT2D eigenvalue weighted by Crippen LogP contribution is -2.14. The number of carboxylic acid groups (broad SMARTS) is 1. The van der Waals surface area contributed by atoms with E-state index < -0.39 is 11.9 Å². The smallest absolute Gasteiger partial charge is 0.338 e. The number of anilines is 1. The minimum Gasteiger partial charge on any atom is -0.478 e. The maximum absolute atomic E-state index is 11.7. The lowest BCUT2D eigenvalue weighted by atomic mass is 10.3. The number of pyridine rings is 1. The second-order valence-electron chi connectivity index (χ2n) is 3.14. The fourth-order valence-electron chi connectivity index (χ4n) is 1.24. The van der Waals surface area contributed by atoms with Crippen LogP contribution < -0.4 is 5.32 Å². The molecule has 0 aliphatic rings. The molecule has 0 radical (unpaired) electrons. The summed E-state index contributed by atoms with van der Waals surface area (Å²) in [4.78, 5) is 26.4. The first-order valence-corrected chi connectivity index (χ1v) is 5.59. The molecule has 0 saturated carbocycles. The van der Waals surface area contributed by atoms with Gasteiger partial charge in [-0.05, 0) is 23.6 Å². The van der Waals surface area contributed by atoms with Crippen LogP contribution in [-0.4, -0.2) is 22.0 Å². The molecule has 0 bridgehead atoms. The van der Waals surface area contributed by atoms with E-state index in [2.05, 4.69) is 10.3 Å². The van der Waals surface area contributed by atoms with Crippen LogP contribution in [0.5, 0.6) is 0 Å². The van der Waals surface area contributed by atoms with E-state index in [0.29, 0.717) is 5.00 Å². The number of aromatic carboxylic acids is 1. The van der Waals surface area contributed by atoms with Gasteiger partial charge in [0.05, 0.1) is 5.56 Å². The van der Waals surface area contributed by atoms with Crippen molar-refractivity contribution in [2.45, 2.75) is 0 Å². The SMILES string of the molecule is O=C(Nc1sccc1C(=O)O)c1ccccn1. The van der Waals surface area contributed by atoms with Gasteiger partial charge >= 0.3 is 5.97 Å². The van der Waals surface area contributed by atoms with E-state index in [-0.39, 0.29) is 11.3 Å². The molecule has 5 nitrogen and oxygen atoms in total. The molecule has 0 atom stereocenters. The molecule has 17 heavy (non-hydrogen) atoms. The minimum atomic E-state index is -1.07. The predicted octanol–water partition coefficient (Wildman–Crippen LogP) is 2.09. The average molecular weight is 248 g/mol. The van der Waals surface area contributed by atoms with E-state index >= 15 is 0 Å². The molecule has 2 N–H and O–H groups in total. The first-order valence-electron chi connectivity index (χ1n) is 4.71. The van der Waals surface area contributed by atoms with Crippen molar-refractivity contribution in [1.82, 2.24) is 4.98 Å². The van der Waals surface area contributed by atoms with Gasteiger partial charge in [0, 0.05) is 6.20 Å². The number of carbonyl (C=O) groups excluding carboxylic acids is 1. The Morgan fingerprint density at radius 2 is 2.12 bits per heavy atom. The number of hydrogen-bond acceptors (Lipinski definition) is 4. The van der Waals surface area contributed by atoms with Crippen molar-refractivity contribution in [3.63, 3.8) is 0 Å². The lowest BCUT2D eigenvalue weighted by molar-refractivity contribution is 0.0698. The second-order valence-corrected chi connectivity index (χ2v) is 4.05. The molecule has 2 aromatic heterocycles. The molecule has 0 aliphatic heterocycles. The number of nitrogens with zero attached hydrogens (tertiary/aromatic N) is 1. The summed E-state index contributed by atoms with van der Waals surface area (Å²) < 4.78 is 0. The molecule has 0 fully saturated rings. The Hall–Kier alpha value is -2.21. The number of thiophene rings is 1. The summed E-state index contributed by atoms with van der Waals surface area (Å²) in [5.41, 5.74) is 0.330. The van der Waals surface area contributed by atoms with Crippen LogP contribution in [0.4, 0.5) is 5.00 Å². The fourth-order valence-corrected chi connectivity index (χ4v) is 2.01. The first-order chi connectivity index (χ1) is 8.18. The van der Waals surface area contributed by atoms with E-state index in [4.69, 9.17) is 5.11 Å². The molecule has 86 valence electrons. The largest absolute Gasteiger partial charge is 0.478 e.